The zero-order valence-corrected chi connectivity index (χ0v) is 17.5. The minimum Gasteiger partial charge on any atom is -0.435 e. The molecule has 0 spiro atoms. The third kappa shape index (κ3) is 6.92. The third-order valence-electron chi connectivity index (χ3n) is 4.99. The minimum atomic E-state index is -2.90. The van der Waals surface area contributed by atoms with Crippen molar-refractivity contribution in [2.24, 2.45) is 0 Å². The summed E-state index contributed by atoms with van der Waals surface area (Å²) in [6.45, 7) is -0.689. The Morgan fingerprint density at radius 2 is 1.35 bits per heavy atom. The number of hydrogen-bond acceptors (Lipinski definition) is 3. The van der Waals surface area contributed by atoms with Crippen molar-refractivity contribution in [3.63, 3.8) is 0 Å². The molecule has 5 heteroatoms. The van der Waals surface area contributed by atoms with Gasteiger partial charge in [-0.1, -0.05) is 62.6 Å². The van der Waals surface area contributed by atoms with Crippen LogP contribution in [0.2, 0.25) is 0 Å². The van der Waals surface area contributed by atoms with E-state index in [4.69, 9.17) is 4.74 Å². The Bertz CT molecular complexity index is 949. The lowest BCUT2D eigenvalue weighted by Gasteiger charge is -2.08. The molecule has 0 aliphatic rings. The predicted octanol–water partition coefficient (Wildman–Crippen LogP) is 7.30. The van der Waals surface area contributed by atoms with Crippen LogP contribution in [0.5, 0.6) is 11.5 Å². The first-order valence-corrected chi connectivity index (χ1v) is 10.5. The molecule has 0 aromatic heterocycles. The van der Waals surface area contributed by atoms with Crippen molar-refractivity contribution in [2.45, 2.75) is 45.6 Å². The lowest BCUT2D eigenvalue weighted by atomic mass is 10.0. The molecule has 31 heavy (non-hydrogen) atoms. The fraction of sp³-hybridized carbons (Fsp3) is 0.269. The fourth-order valence-corrected chi connectivity index (χ4v) is 3.27. The van der Waals surface area contributed by atoms with Crippen molar-refractivity contribution in [3.05, 3.63) is 83.9 Å². The lowest BCUT2D eigenvalue weighted by molar-refractivity contribution is -0.0498. The molecule has 0 bridgehead atoms. The van der Waals surface area contributed by atoms with Crippen LogP contribution in [-0.2, 0) is 6.42 Å². The molecule has 3 aromatic rings. The average molecular weight is 424 g/mol. The second-order valence-corrected chi connectivity index (χ2v) is 7.32. The van der Waals surface area contributed by atoms with E-state index in [1.807, 2.05) is 12.1 Å². The Hall–Kier alpha value is -3.21. The van der Waals surface area contributed by atoms with Gasteiger partial charge in [0.25, 0.3) is 0 Å². The molecule has 0 aliphatic carbocycles. The molecule has 0 saturated carbocycles. The summed E-state index contributed by atoms with van der Waals surface area (Å²) in [4.78, 5) is 12.3. The van der Waals surface area contributed by atoms with Crippen molar-refractivity contribution in [1.82, 2.24) is 0 Å². The van der Waals surface area contributed by atoms with E-state index in [2.05, 4.69) is 35.9 Å². The average Bonchev–Trinajstić information content (AvgIpc) is 2.78. The second-order valence-electron chi connectivity index (χ2n) is 7.32. The van der Waals surface area contributed by atoms with E-state index in [0.717, 1.165) is 17.5 Å². The number of hydrogen-bond donors (Lipinski definition) is 0. The number of unbranched alkanes of at least 4 members (excludes halogenated alkanes) is 3. The van der Waals surface area contributed by atoms with Gasteiger partial charge in [-0.15, -0.1) is 0 Å². The summed E-state index contributed by atoms with van der Waals surface area (Å²) in [7, 11) is 0. The van der Waals surface area contributed by atoms with Crippen LogP contribution in [0.3, 0.4) is 0 Å². The molecule has 0 aliphatic heterocycles. The van der Waals surface area contributed by atoms with Crippen molar-refractivity contribution in [2.75, 3.05) is 0 Å². The van der Waals surface area contributed by atoms with E-state index >= 15 is 0 Å². The Morgan fingerprint density at radius 3 is 1.94 bits per heavy atom. The van der Waals surface area contributed by atoms with Gasteiger partial charge in [-0.2, -0.15) is 8.78 Å². The number of esters is 1. The molecular formula is C26H26F2O3. The van der Waals surface area contributed by atoms with Gasteiger partial charge in [0.1, 0.15) is 11.5 Å². The van der Waals surface area contributed by atoms with Crippen molar-refractivity contribution in [3.8, 4) is 22.6 Å². The number of carbonyl (C=O) groups is 1. The molecule has 0 heterocycles. The maximum Gasteiger partial charge on any atom is 0.387 e. The van der Waals surface area contributed by atoms with Crippen LogP contribution in [0.25, 0.3) is 11.1 Å². The zero-order chi connectivity index (χ0) is 22.1. The van der Waals surface area contributed by atoms with Crippen LogP contribution in [0.1, 0.15) is 48.5 Å². The first-order chi connectivity index (χ1) is 15.0. The summed E-state index contributed by atoms with van der Waals surface area (Å²) in [6, 6.07) is 21.2. The van der Waals surface area contributed by atoms with Crippen molar-refractivity contribution >= 4 is 5.97 Å². The molecule has 162 valence electrons. The Labute approximate surface area is 181 Å². The molecule has 0 saturated heterocycles. The van der Waals surface area contributed by atoms with Crippen molar-refractivity contribution < 1.29 is 23.0 Å². The van der Waals surface area contributed by atoms with Crippen LogP contribution in [0.4, 0.5) is 8.78 Å². The molecule has 0 amide bonds. The summed E-state index contributed by atoms with van der Waals surface area (Å²) in [5.74, 6) is -0.166. The highest BCUT2D eigenvalue weighted by Gasteiger charge is 2.10. The first-order valence-electron chi connectivity index (χ1n) is 10.5. The molecule has 3 rings (SSSR count). The first kappa shape index (κ1) is 22.5. The van der Waals surface area contributed by atoms with E-state index < -0.39 is 12.6 Å². The fourth-order valence-electron chi connectivity index (χ4n) is 3.27. The van der Waals surface area contributed by atoms with Crippen LogP contribution in [0.15, 0.2) is 72.8 Å². The standard InChI is InChI=1S/C26H26F2O3/c1-2-3-4-5-6-19-7-9-20(10-8-19)21-11-15-23(16-12-21)30-25(29)22-13-17-24(18-14-22)31-26(27)28/h7-18,26H,2-6H2,1H3. The lowest BCUT2D eigenvalue weighted by Crippen LogP contribution is -2.08. The molecule has 0 N–H and O–H groups in total. The molecule has 3 aromatic carbocycles. The molecule has 3 nitrogen and oxygen atoms in total. The number of benzene rings is 3. The third-order valence-corrected chi connectivity index (χ3v) is 4.99. The predicted molar refractivity (Wildman–Crippen MR) is 118 cm³/mol. The van der Waals surface area contributed by atoms with E-state index in [9.17, 15) is 13.6 Å². The Kier molecular flexibility index (Phi) is 8.16. The number of rotatable bonds is 10. The van der Waals surface area contributed by atoms with E-state index in [-0.39, 0.29) is 11.3 Å². The van der Waals surface area contributed by atoms with Crippen LogP contribution >= 0.6 is 0 Å². The summed E-state index contributed by atoms with van der Waals surface area (Å²) in [6.07, 6.45) is 6.12. The molecule has 0 atom stereocenters. The SMILES string of the molecule is CCCCCCc1ccc(-c2ccc(OC(=O)c3ccc(OC(F)F)cc3)cc2)cc1. The number of halogens is 2. The van der Waals surface area contributed by atoms with Crippen LogP contribution in [0, 0.1) is 0 Å². The van der Waals surface area contributed by atoms with Crippen LogP contribution in [-0.4, -0.2) is 12.6 Å². The highest BCUT2D eigenvalue weighted by molar-refractivity contribution is 5.91. The summed E-state index contributed by atoms with van der Waals surface area (Å²) in [5.41, 5.74) is 3.73. The van der Waals surface area contributed by atoms with Crippen LogP contribution < -0.4 is 9.47 Å². The largest absolute Gasteiger partial charge is 0.435 e. The summed E-state index contributed by atoms with van der Waals surface area (Å²) < 4.78 is 34.0. The van der Waals surface area contributed by atoms with E-state index in [1.54, 1.807) is 12.1 Å². The number of ether oxygens (including phenoxy) is 2. The van der Waals surface area contributed by atoms with Gasteiger partial charge in [0.15, 0.2) is 0 Å². The number of carbonyl (C=O) groups excluding carboxylic acids is 1. The zero-order valence-electron chi connectivity index (χ0n) is 17.5. The maximum absolute atomic E-state index is 12.3. The molecular weight excluding hydrogens is 398 g/mol. The highest BCUT2D eigenvalue weighted by atomic mass is 19.3. The minimum absolute atomic E-state index is 0.0112. The molecule has 0 radical (unpaired) electrons. The van der Waals surface area contributed by atoms with Gasteiger partial charge in [-0.05, 0) is 65.9 Å². The smallest absolute Gasteiger partial charge is 0.387 e. The Balaban J connectivity index is 1.56. The number of alkyl halides is 2. The molecule has 0 unspecified atom stereocenters. The number of aryl methyl sites for hydroxylation is 1. The summed E-state index contributed by atoms with van der Waals surface area (Å²) in [5, 5.41) is 0. The topological polar surface area (TPSA) is 35.5 Å². The second kappa shape index (κ2) is 11.3. The van der Waals surface area contributed by atoms with Gasteiger partial charge in [0.05, 0.1) is 5.56 Å². The normalized spacial score (nSPS) is 10.8. The Morgan fingerprint density at radius 1 is 0.774 bits per heavy atom. The van der Waals surface area contributed by atoms with E-state index in [1.165, 1.54) is 55.5 Å². The molecule has 0 fully saturated rings. The monoisotopic (exact) mass is 424 g/mol. The van der Waals surface area contributed by atoms with Gasteiger partial charge < -0.3 is 9.47 Å². The van der Waals surface area contributed by atoms with E-state index in [0.29, 0.717) is 5.75 Å². The maximum atomic E-state index is 12.3. The highest BCUT2D eigenvalue weighted by Crippen LogP contribution is 2.24. The quantitative estimate of drug-likeness (QED) is 0.195. The van der Waals surface area contributed by atoms with Gasteiger partial charge in [-0.3, -0.25) is 0 Å². The van der Waals surface area contributed by atoms with Gasteiger partial charge in [-0.25, -0.2) is 4.79 Å². The summed E-state index contributed by atoms with van der Waals surface area (Å²) >= 11 is 0. The van der Waals surface area contributed by atoms with Gasteiger partial charge in [0.2, 0.25) is 0 Å². The van der Waals surface area contributed by atoms with Gasteiger partial charge >= 0.3 is 12.6 Å². The van der Waals surface area contributed by atoms with Gasteiger partial charge in [0, 0.05) is 0 Å². The van der Waals surface area contributed by atoms with Crippen molar-refractivity contribution in [1.29, 1.82) is 0 Å².